The number of aromatic nitrogens is 4. The Bertz CT molecular complexity index is 4490. The first-order valence-electron chi connectivity index (χ1n) is 25.1. The van der Waals surface area contributed by atoms with Gasteiger partial charge in [0.15, 0.2) is 0 Å². The number of nitrogens with zero attached hydrogens (tertiary/aromatic N) is 4. The maximum absolute atomic E-state index is 9.47. The highest BCUT2D eigenvalue weighted by atomic mass is 16.3. The van der Waals surface area contributed by atoms with Crippen molar-refractivity contribution in [1.82, 2.24) is 18.7 Å². The number of pyridine rings is 1. The maximum Gasteiger partial charge on any atom is 0.140 e. The first-order valence-corrected chi connectivity index (χ1v) is 21.1. The van der Waals surface area contributed by atoms with E-state index in [1.165, 1.54) is 0 Å². The van der Waals surface area contributed by atoms with Crippen molar-refractivity contribution < 1.29 is 15.4 Å². The normalized spacial score (nSPS) is 13.8. The van der Waals surface area contributed by atoms with E-state index in [9.17, 15) is 5.48 Å². The molecule has 0 radical (unpaired) electrons. The van der Waals surface area contributed by atoms with Gasteiger partial charge in [-0.2, -0.15) is 0 Å². The van der Waals surface area contributed by atoms with Crippen molar-refractivity contribution in [3.8, 4) is 39.6 Å². The van der Waals surface area contributed by atoms with E-state index in [4.69, 9.17) is 14.9 Å². The third kappa shape index (κ3) is 4.98. The van der Waals surface area contributed by atoms with Gasteiger partial charge in [0.2, 0.25) is 0 Å². The van der Waals surface area contributed by atoms with E-state index in [0.29, 0.717) is 49.8 Å². The van der Waals surface area contributed by atoms with Crippen molar-refractivity contribution >= 4 is 87.4 Å². The van der Waals surface area contributed by atoms with E-state index in [-0.39, 0.29) is 59.4 Å². The molecule has 0 fully saturated rings. The summed E-state index contributed by atoms with van der Waals surface area (Å²) in [6.07, 6.45) is 0. The topological polar surface area (TPSA) is 40.8 Å². The number of para-hydroxylation sites is 7. The largest absolute Gasteiger partial charge is 0.456 e. The van der Waals surface area contributed by atoms with Gasteiger partial charge in [0, 0.05) is 48.7 Å². The number of rotatable bonds is 5. The van der Waals surface area contributed by atoms with Crippen LogP contribution in [0.3, 0.4) is 0 Å². The fraction of sp³-hybridized carbons (Fsp3) is 0. The van der Waals surface area contributed by atoms with Crippen LogP contribution in [0.25, 0.3) is 127 Å². The summed E-state index contributed by atoms with van der Waals surface area (Å²) in [5.74, 6) is 0.648. The lowest BCUT2D eigenvalue weighted by Crippen LogP contribution is -2.06. The molecule has 14 rings (SSSR count). The Balaban J connectivity index is 1.19. The number of hydrogen-bond acceptors (Lipinski definition) is 2. The first kappa shape index (κ1) is 28.0. The second kappa shape index (κ2) is 13.4. The van der Waals surface area contributed by atoms with Gasteiger partial charge in [-0.1, -0.05) is 145 Å². The molecule has 0 atom stereocenters. The summed E-state index contributed by atoms with van der Waals surface area (Å²) >= 11 is 0. The Morgan fingerprint density at radius 2 is 0.844 bits per heavy atom. The second-order valence-electron chi connectivity index (χ2n) is 16.1. The smallest absolute Gasteiger partial charge is 0.140 e. The van der Waals surface area contributed by atoms with E-state index < -0.39 is 0 Å². The van der Waals surface area contributed by atoms with Crippen LogP contribution in [0.1, 0.15) is 11.0 Å². The Hall–Kier alpha value is -8.67. The Morgan fingerprint density at radius 3 is 1.44 bits per heavy atom. The van der Waals surface area contributed by atoms with Crippen LogP contribution in [0.4, 0.5) is 0 Å². The van der Waals surface area contributed by atoms with Crippen LogP contribution in [0.2, 0.25) is 0 Å². The average Bonchev–Trinajstić information content (AvgIpc) is 4.17. The van der Waals surface area contributed by atoms with Crippen LogP contribution in [-0.2, 0) is 0 Å². The minimum absolute atomic E-state index is 0.170. The van der Waals surface area contributed by atoms with Gasteiger partial charge in [-0.05, 0) is 89.4 Å². The van der Waals surface area contributed by atoms with Crippen LogP contribution < -0.4 is 0 Å². The predicted octanol–water partition coefficient (Wildman–Crippen LogP) is 15.6. The SMILES string of the molecule is [2H]c1c([2H])c([2H])c2c(c1[2H])c1ccccc1n2-c1cc(-c2c(-c3ccc4oc5ccccc5c4c3)cccc2-n2c3ccccc3c3ccccc32)cc(-n2c3ccccc3c3c([2H])c([2H])c([2H])c([2H])c32)n1. The lowest BCUT2D eigenvalue weighted by Gasteiger charge is -2.21. The maximum atomic E-state index is 9.47. The molecule has 5 heterocycles. The van der Waals surface area contributed by atoms with Crippen LogP contribution in [0.15, 0.2) is 223 Å². The fourth-order valence-corrected chi connectivity index (χ4v) is 10.0. The van der Waals surface area contributed by atoms with E-state index in [1.54, 1.807) is 9.13 Å². The van der Waals surface area contributed by atoms with E-state index in [1.807, 2.05) is 109 Å². The first-order chi connectivity index (χ1) is 35.1. The molecule has 5 nitrogen and oxygen atoms in total. The molecule has 64 heavy (non-hydrogen) atoms. The summed E-state index contributed by atoms with van der Waals surface area (Å²) in [4.78, 5) is 5.45. The zero-order valence-corrected chi connectivity index (χ0v) is 33.9. The van der Waals surface area contributed by atoms with E-state index in [2.05, 4.69) is 65.2 Å². The number of furan rings is 1. The third-order valence-corrected chi connectivity index (χ3v) is 12.7. The molecule has 0 bridgehead atoms. The summed E-state index contributed by atoms with van der Waals surface area (Å²) in [7, 11) is 0. The van der Waals surface area contributed by atoms with Crippen molar-refractivity contribution in [3.05, 3.63) is 218 Å². The molecular formula is C59H36N4O. The van der Waals surface area contributed by atoms with Gasteiger partial charge in [-0.3, -0.25) is 9.13 Å². The lowest BCUT2D eigenvalue weighted by molar-refractivity contribution is 0.669. The van der Waals surface area contributed by atoms with Crippen LogP contribution in [0, 0.1) is 0 Å². The monoisotopic (exact) mass is 824 g/mol. The molecule has 0 aliphatic heterocycles. The minimum atomic E-state index is -0.382. The van der Waals surface area contributed by atoms with Gasteiger partial charge in [0.25, 0.3) is 0 Å². The molecule has 0 saturated carbocycles. The quantitative estimate of drug-likeness (QED) is 0.173. The standard InChI is InChI=1S/C59H36N4O/c1-8-24-48-40(16-1)41-17-2-9-25-49(41)61(48)54-30-15-23-39(37-32-33-56-47(34-37)46-22-7-14-31-55(46)64-56)59(54)38-35-57(62-50-26-10-3-18-42(50)43-19-4-11-27-51(43)62)60-58(36-38)63-52-28-12-5-20-44(52)45-21-6-13-29-53(45)63/h1-36H/i3D,5D,10D,12D,18D,20D,26D,28D. The van der Waals surface area contributed by atoms with Crippen LogP contribution in [0.5, 0.6) is 0 Å². The highest BCUT2D eigenvalue weighted by molar-refractivity contribution is 6.13. The summed E-state index contributed by atoms with van der Waals surface area (Å²) < 4.78 is 85.0. The van der Waals surface area contributed by atoms with Gasteiger partial charge in [-0.25, -0.2) is 4.98 Å². The number of benzene rings is 9. The van der Waals surface area contributed by atoms with Gasteiger partial charge in [0.1, 0.15) is 22.8 Å². The summed E-state index contributed by atoms with van der Waals surface area (Å²) in [6, 6.07) is 53.7. The molecule has 0 aliphatic rings. The number of fused-ring (bicyclic) bond motifs is 12. The summed E-state index contributed by atoms with van der Waals surface area (Å²) in [5.41, 5.74) is 9.31. The van der Waals surface area contributed by atoms with Crippen LogP contribution >= 0.6 is 0 Å². The highest BCUT2D eigenvalue weighted by Gasteiger charge is 2.24. The molecule has 0 N–H and O–H groups in total. The molecule has 14 aromatic rings. The molecule has 0 aliphatic carbocycles. The molecule has 5 aromatic heterocycles. The fourth-order valence-electron chi connectivity index (χ4n) is 10.0. The summed E-state index contributed by atoms with van der Waals surface area (Å²) in [6.45, 7) is 0. The molecular weight excluding hydrogens is 781 g/mol. The molecule has 298 valence electrons. The third-order valence-electron chi connectivity index (χ3n) is 12.7. The van der Waals surface area contributed by atoms with Gasteiger partial charge in [-0.15, -0.1) is 0 Å². The molecule has 0 unspecified atom stereocenters. The molecule has 0 spiro atoms. The predicted molar refractivity (Wildman–Crippen MR) is 265 cm³/mol. The highest BCUT2D eigenvalue weighted by Crippen LogP contribution is 2.45. The Morgan fingerprint density at radius 1 is 0.359 bits per heavy atom. The molecule has 5 heteroatoms. The van der Waals surface area contributed by atoms with Crippen molar-refractivity contribution in [1.29, 1.82) is 0 Å². The zero-order chi connectivity index (χ0) is 48.8. The second-order valence-corrected chi connectivity index (χ2v) is 16.1. The van der Waals surface area contributed by atoms with Crippen molar-refractivity contribution in [3.63, 3.8) is 0 Å². The van der Waals surface area contributed by atoms with Crippen molar-refractivity contribution in [2.75, 3.05) is 0 Å². The molecule has 9 aromatic carbocycles. The minimum Gasteiger partial charge on any atom is -0.456 e. The Kier molecular flexibility index (Phi) is 5.88. The molecule has 0 amide bonds. The van der Waals surface area contributed by atoms with Gasteiger partial charge < -0.3 is 8.98 Å². The Labute approximate surface area is 378 Å². The van der Waals surface area contributed by atoms with E-state index >= 15 is 0 Å². The van der Waals surface area contributed by atoms with Gasteiger partial charge >= 0.3 is 0 Å². The van der Waals surface area contributed by atoms with Crippen LogP contribution in [-0.4, -0.2) is 18.7 Å². The number of hydrogen-bond donors (Lipinski definition) is 0. The molecule has 0 saturated heterocycles. The van der Waals surface area contributed by atoms with Crippen molar-refractivity contribution in [2.24, 2.45) is 0 Å². The average molecular weight is 825 g/mol. The lowest BCUT2D eigenvalue weighted by atomic mass is 9.92. The van der Waals surface area contributed by atoms with Gasteiger partial charge in [0.05, 0.1) is 49.8 Å². The van der Waals surface area contributed by atoms with Crippen molar-refractivity contribution in [2.45, 2.75) is 0 Å². The summed E-state index contributed by atoms with van der Waals surface area (Å²) in [5, 5.41) is 6.02. The zero-order valence-electron chi connectivity index (χ0n) is 41.9. The van der Waals surface area contributed by atoms with E-state index in [0.717, 1.165) is 66.1 Å².